The number of hydrogen-bond donors (Lipinski definition) is 0. The zero-order valence-electron chi connectivity index (χ0n) is 14.2. The zero-order chi connectivity index (χ0) is 16.5. The first kappa shape index (κ1) is 15.1. The van der Waals surface area contributed by atoms with E-state index in [1.165, 1.54) is 10.9 Å². The summed E-state index contributed by atoms with van der Waals surface area (Å²) in [5.74, 6) is 2.01. The van der Waals surface area contributed by atoms with Gasteiger partial charge in [0, 0.05) is 43.7 Å². The van der Waals surface area contributed by atoms with Crippen LogP contribution in [0.5, 0.6) is 0 Å². The van der Waals surface area contributed by atoms with Gasteiger partial charge in [0.1, 0.15) is 11.6 Å². The largest absolute Gasteiger partial charge is 0.361 e. The van der Waals surface area contributed by atoms with Crippen molar-refractivity contribution < 1.29 is 4.52 Å². The van der Waals surface area contributed by atoms with Crippen LogP contribution in [0.3, 0.4) is 0 Å². The molecule has 124 valence electrons. The van der Waals surface area contributed by atoms with Crippen LogP contribution in [0.25, 0.3) is 10.9 Å². The monoisotopic (exact) mass is 322 g/mol. The molecule has 0 aliphatic carbocycles. The fourth-order valence-corrected chi connectivity index (χ4v) is 3.32. The molecule has 1 aliphatic heterocycles. The lowest BCUT2D eigenvalue weighted by molar-refractivity contribution is 0.247. The number of para-hydroxylation sites is 1. The number of benzene rings is 1. The van der Waals surface area contributed by atoms with Crippen LogP contribution in [0.1, 0.15) is 17.0 Å². The van der Waals surface area contributed by atoms with Crippen molar-refractivity contribution in [2.45, 2.75) is 20.4 Å². The minimum absolute atomic E-state index is 0.917. The van der Waals surface area contributed by atoms with Gasteiger partial charge in [0.25, 0.3) is 0 Å². The summed E-state index contributed by atoms with van der Waals surface area (Å²) in [5, 5.41) is 5.24. The van der Waals surface area contributed by atoms with Crippen LogP contribution in [0.15, 0.2) is 40.9 Å². The third kappa shape index (κ3) is 2.87. The number of fused-ring (bicyclic) bond motifs is 1. The standard InChI is InChI=1S/C19H22N4O/c1-14-17(15(2)24-21-14)13-22-9-11-23(12-10-22)19-8-7-16-5-3-4-6-18(16)20-19/h3-8H,9-13H2,1-2H3. The summed E-state index contributed by atoms with van der Waals surface area (Å²) in [6.07, 6.45) is 0. The summed E-state index contributed by atoms with van der Waals surface area (Å²) >= 11 is 0. The molecule has 0 radical (unpaired) electrons. The Hall–Kier alpha value is -2.40. The highest BCUT2D eigenvalue weighted by molar-refractivity contribution is 5.80. The van der Waals surface area contributed by atoms with Crippen LogP contribution in [0.4, 0.5) is 5.82 Å². The van der Waals surface area contributed by atoms with E-state index in [9.17, 15) is 0 Å². The maximum absolute atomic E-state index is 5.27. The Morgan fingerprint density at radius 1 is 1.00 bits per heavy atom. The van der Waals surface area contributed by atoms with Crippen molar-refractivity contribution in [3.8, 4) is 0 Å². The first-order valence-electron chi connectivity index (χ1n) is 8.45. The second kappa shape index (κ2) is 6.24. The minimum Gasteiger partial charge on any atom is -0.361 e. The Morgan fingerprint density at radius 2 is 1.79 bits per heavy atom. The van der Waals surface area contributed by atoms with Gasteiger partial charge in [-0.1, -0.05) is 23.4 Å². The van der Waals surface area contributed by atoms with Crippen molar-refractivity contribution in [3.05, 3.63) is 53.4 Å². The van der Waals surface area contributed by atoms with E-state index < -0.39 is 0 Å². The van der Waals surface area contributed by atoms with Crippen LogP contribution in [0.2, 0.25) is 0 Å². The highest BCUT2D eigenvalue weighted by atomic mass is 16.5. The lowest BCUT2D eigenvalue weighted by Gasteiger charge is -2.35. The number of hydrogen-bond acceptors (Lipinski definition) is 5. The molecule has 0 atom stereocenters. The maximum Gasteiger partial charge on any atom is 0.138 e. The number of nitrogens with zero attached hydrogens (tertiary/aromatic N) is 4. The third-order valence-corrected chi connectivity index (χ3v) is 4.84. The molecule has 0 spiro atoms. The highest BCUT2D eigenvalue weighted by Crippen LogP contribution is 2.21. The zero-order valence-corrected chi connectivity index (χ0v) is 14.2. The molecule has 0 saturated carbocycles. The molecule has 1 aliphatic rings. The van der Waals surface area contributed by atoms with E-state index in [-0.39, 0.29) is 0 Å². The Balaban J connectivity index is 1.43. The molecule has 0 bridgehead atoms. The van der Waals surface area contributed by atoms with E-state index in [0.29, 0.717) is 0 Å². The molecule has 24 heavy (non-hydrogen) atoms. The van der Waals surface area contributed by atoms with Crippen LogP contribution < -0.4 is 4.90 Å². The van der Waals surface area contributed by atoms with Crippen molar-refractivity contribution in [3.63, 3.8) is 0 Å². The molecule has 4 rings (SSSR count). The molecule has 5 nitrogen and oxygen atoms in total. The van der Waals surface area contributed by atoms with E-state index in [2.05, 4.69) is 45.3 Å². The summed E-state index contributed by atoms with van der Waals surface area (Å²) in [4.78, 5) is 9.64. The van der Waals surface area contributed by atoms with Gasteiger partial charge in [-0.3, -0.25) is 4.90 Å². The van der Waals surface area contributed by atoms with Crippen LogP contribution in [-0.4, -0.2) is 41.2 Å². The Bertz CT molecular complexity index is 830. The fourth-order valence-electron chi connectivity index (χ4n) is 3.32. The predicted octanol–water partition coefficient (Wildman–Crippen LogP) is 3.16. The summed E-state index contributed by atoms with van der Waals surface area (Å²) < 4.78 is 5.27. The first-order chi connectivity index (χ1) is 11.7. The van der Waals surface area contributed by atoms with Gasteiger partial charge in [-0.2, -0.15) is 0 Å². The summed E-state index contributed by atoms with van der Waals surface area (Å²) in [7, 11) is 0. The second-order valence-corrected chi connectivity index (χ2v) is 6.43. The smallest absolute Gasteiger partial charge is 0.138 e. The van der Waals surface area contributed by atoms with E-state index in [1.54, 1.807) is 0 Å². The Labute approximate surface area is 141 Å². The topological polar surface area (TPSA) is 45.4 Å². The van der Waals surface area contributed by atoms with Crippen molar-refractivity contribution in [2.24, 2.45) is 0 Å². The Kier molecular flexibility index (Phi) is 3.94. The van der Waals surface area contributed by atoms with Gasteiger partial charge in [-0.15, -0.1) is 0 Å². The molecule has 1 fully saturated rings. The van der Waals surface area contributed by atoms with Crippen molar-refractivity contribution in [1.29, 1.82) is 0 Å². The number of pyridine rings is 1. The predicted molar refractivity (Wildman–Crippen MR) is 95.2 cm³/mol. The molecule has 1 aromatic carbocycles. The highest BCUT2D eigenvalue weighted by Gasteiger charge is 2.20. The summed E-state index contributed by atoms with van der Waals surface area (Å²) in [6.45, 7) is 8.96. The van der Waals surface area contributed by atoms with E-state index in [4.69, 9.17) is 9.51 Å². The van der Waals surface area contributed by atoms with Gasteiger partial charge < -0.3 is 9.42 Å². The minimum atomic E-state index is 0.917. The van der Waals surface area contributed by atoms with Gasteiger partial charge in [-0.05, 0) is 32.0 Å². The molecule has 3 aromatic rings. The van der Waals surface area contributed by atoms with E-state index in [0.717, 1.165) is 55.5 Å². The quantitative estimate of drug-likeness (QED) is 0.741. The summed E-state index contributed by atoms with van der Waals surface area (Å²) in [5.41, 5.74) is 3.30. The van der Waals surface area contributed by atoms with Crippen LogP contribution in [0, 0.1) is 13.8 Å². The second-order valence-electron chi connectivity index (χ2n) is 6.43. The molecule has 0 N–H and O–H groups in total. The average molecular weight is 322 g/mol. The lowest BCUT2D eigenvalue weighted by atomic mass is 10.1. The van der Waals surface area contributed by atoms with Gasteiger partial charge in [0.2, 0.25) is 0 Å². The lowest BCUT2D eigenvalue weighted by Crippen LogP contribution is -2.46. The molecule has 5 heteroatoms. The number of aromatic nitrogens is 2. The van der Waals surface area contributed by atoms with Crippen LogP contribution in [-0.2, 0) is 6.54 Å². The van der Waals surface area contributed by atoms with Gasteiger partial charge >= 0.3 is 0 Å². The number of piperazine rings is 1. The SMILES string of the molecule is Cc1noc(C)c1CN1CCN(c2ccc3ccccc3n2)CC1. The van der Waals surface area contributed by atoms with Crippen LogP contribution >= 0.6 is 0 Å². The van der Waals surface area contributed by atoms with E-state index in [1.807, 2.05) is 19.9 Å². The number of aryl methyl sites for hydroxylation is 2. The van der Waals surface area contributed by atoms with Gasteiger partial charge in [0.05, 0.1) is 11.2 Å². The van der Waals surface area contributed by atoms with E-state index >= 15 is 0 Å². The third-order valence-electron chi connectivity index (χ3n) is 4.84. The fraction of sp³-hybridized carbons (Fsp3) is 0.368. The molecule has 0 unspecified atom stereocenters. The van der Waals surface area contributed by atoms with Gasteiger partial charge in [0.15, 0.2) is 0 Å². The molecule has 0 amide bonds. The van der Waals surface area contributed by atoms with Crippen molar-refractivity contribution >= 4 is 16.7 Å². The molecule has 3 heterocycles. The Morgan fingerprint density at radius 3 is 2.54 bits per heavy atom. The molecular weight excluding hydrogens is 300 g/mol. The number of anilines is 1. The van der Waals surface area contributed by atoms with Crippen molar-refractivity contribution in [2.75, 3.05) is 31.1 Å². The molecular formula is C19H22N4O. The first-order valence-corrected chi connectivity index (χ1v) is 8.45. The molecule has 2 aromatic heterocycles. The number of rotatable bonds is 3. The normalized spacial score (nSPS) is 16.0. The van der Waals surface area contributed by atoms with Crippen molar-refractivity contribution in [1.82, 2.24) is 15.0 Å². The summed E-state index contributed by atoms with van der Waals surface area (Å²) in [6, 6.07) is 12.6. The average Bonchev–Trinajstić information content (AvgIpc) is 2.94. The van der Waals surface area contributed by atoms with Gasteiger partial charge in [-0.25, -0.2) is 4.98 Å². The maximum atomic E-state index is 5.27. The molecule has 1 saturated heterocycles.